The van der Waals surface area contributed by atoms with Crippen LogP contribution in [0, 0.1) is 13.8 Å². The molecule has 0 saturated heterocycles. The summed E-state index contributed by atoms with van der Waals surface area (Å²) in [6, 6.07) is 1.64. The van der Waals surface area contributed by atoms with Crippen molar-refractivity contribution >= 4 is 27.5 Å². The number of halogens is 2. The zero-order chi connectivity index (χ0) is 8.59. The minimum absolute atomic E-state index is 0.143. The van der Waals surface area contributed by atoms with E-state index in [1.807, 2.05) is 13.8 Å². The maximum atomic E-state index is 9.25. The Bertz CT molecular complexity index is 270. The molecule has 1 nitrogen and oxygen atoms in total. The molecular weight excluding hydrogens is 227 g/mol. The van der Waals surface area contributed by atoms with E-state index >= 15 is 0 Å². The van der Waals surface area contributed by atoms with Gasteiger partial charge in [-0.05, 0) is 31.0 Å². The first kappa shape index (κ1) is 8.88. The van der Waals surface area contributed by atoms with E-state index in [1.54, 1.807) is 6.07 Å². The predicted molar refractivity (Wildman–Crippen MR) is 50.3 cm³/mol. The first-order chi connectivity index (χ1) is 5.04. The molecule has 1 aromatic rings. The lowest BCUT2D eigenvalue weighted by Crippen LogP contribution is -1.83. The van der Waals surface area contributed by atoms with Crippen molar-refractivity contribution in [2.45, 2.75) is 13.8 Å². The van der Waals surface area contributed by atoms with Crippen LogP contribution in [0.1, 0.15) is 11.1 Å². The second kappa shape index (κ2) is 3.03. The monoisotopic (exact) mass is 234 g/mol. The predicted octanol–water partition coefficient (Wildman–Crippen LogP) is 3.42. The summed E-state index contributed by atoms with van der Waals surface area (Å²) in [5, 5.41) is 9.67. The molecule has 0 fully saturated rings. The molecule has 3 heteroatoms. The molecule has 1 aromatic carbocycles. The van der Waals surface area contributed by atoms with E-state index in [0.717, 1.165) is 15.6 Å². The fraction of sp³-hybridized carbons (Fsp3) is 0.250. The Hall–Kier alpha value is -0.210. The minimum atomic E-state index is 0.143. The van der Waals surface area contributed by atoms with Gasteiger partial charge in [-0.15, -0.1) is 0 Å². The zero-order valence-corrected chi connectivity index (χ0v) is 8.62. The van der Waals surface area contributed by atoms with Crippen LogP contribution in [0.4, 0.5) is 0 Å². The Kier molecular flexibility index (Phi) is 2.45. The van der Waals surface area contributed by atoms with E-state index in [-0.39, 0.29) is 5.75 Å². The molecule has 60 valence electrons. The molecular formula is C8H8BrClO. The SMILES string of the molecule is Cc1cc(O)c(Cl)c(C)c1Br. The summed E-state index contributed by atoms with van der Waals surface area (Å²) in [4.78, 5) is 0. The van der Waals surface area contributed by atoms with Crippen LogP contribution >= 0.6 is 27.5 Å². The highest BCUT2D eigenvalue weighted by atomic mass is 79.9. The van der Waals surface area contributed by atoms with Crippen molar-refractivity contribution in [1.29, 1.82) is 0 Å². The van der Waals surface area contributed by atoms with Gasteiger partial charge in [-0.1, -0.05) is 27.5 Å². The van der Waals surface area contributed by atoms with E-state index in [4.69, 9.17) is 11.6 Å². The molecule has 0 atom stereocenters. The Morgan fingerprint density at radius 3 is 2.55 bits per heavy atom. The number of phenols is 1. The third-order valence-corrected chi connectivity index (χ3v) is 3.28. The summed E-state index contributed by atoms with van der Waals surface area (Å²) >= 11 is 9.14. The molecule has 1 rings (SSSR count). The molecule has 11 heavy (non-hydrogen) atoms. The van der Waals surface area contributed by atoms with E-state index in [2.05, 4.69) is 15.9 Å². The second-order valence-electron chi connectivity index (χ2n) is 2.47. The third kappa shape index (κ3) is 1.52. The number of hydrogen-bond donors (Lipinski definition) is 1. The number of hydrogen-bond acceptors (Lipinski definition) is 1. The lowest BCUT2D eigenvalue weighted by molar-refractivity contribution is 0.474. The van der Waals surface area contributed by atoms with Crippen molar-refractivity contribution < 1.29 is 5.11 Å². The molecule has 0 aromatic heterocycles. The summed E-state index contributed by atoms with van der Waals surface area (Å²) in [5.74, 6) is 0.143. The van der Waals surface area contributed by atoms with E-state index in [9.17, 15) is 5.11 Å². The van der Waals surface area contributed by atoms with Crippen molar-refractivity contribution in [2.75, 3.05) is 0 Å². The molecule has 0 radical (unpaired) electrons. The summed E-state index contributed by atoms with van der Waals surface area (Å²) < 4.78 is 0.959. The Labute approximate surface area is 79.1 Å². The number of phenolic OH excluding ortho intramolecular Hbond substituents is 1. The van der Waals surface area contributed by atoms with E-state index in [1.165, 1.54) is 0 Å². The maximum Gasteiger partial charge on any atom is 0.134 e. The molecule has 0 unspecified atom stereocenters. The van der Waals surface area contributed by atoms with Gasteiger partial charge >= 0.3 is 0 Å². The van der Waals surface area contributed by atoms with Crippen molar-refractivity contribution in [3.63, 3.8) is 0 Å². The lowest BCUT2D eigenvalue weighted by atomic mass is 10.1. The van der Waals surface area contributed by atoms with Gasteiger partial charge in [0.25, 0.3) is 0 Å². The molecule has 0 bridgehead atoms. The normalized spacial score (nSPS) is 10.2. The van der Waals surface area contributed by atoms with Crippen LogP contribution in [-0.2, 0) is 0 Å². The number of aromatic hydroxyl groups is 1. The molecule has 0 heterocycles. The second-order valence-corrected chi connectivity index (χ2v) is 3.64. The number of rotatable bonds is 0. The highest BCUT2D eigenvalue weighted by Gasteiger charge is 2.07. The highest BCUT2D eigenvalue weighted by Crippen LogP contribution is 2.34. The van der Waals surface area contributed by atoms with Crippen molar-refractivity contribution in [3.05, 3.63) is 26.7 Å². The molecule has 0 aliphatic carbocycles. The Morgan fingerprint density at radius 2 is 2.00 bits per heavy atom. The largest absolute Gasteiger partial charge is 0.506 e. The van der Waals surface area contributed by atoms with Crippen molar-refractivity contribution in [3.8, 4) is 5.75 Å². The van der Waals surface area contributed by atoms with Crippen LogP contribution in [-0.4, -0.2) is 5.11 Å². The Morgan fingerprint density at radius 1 is 1.45 bits per heavy atom. The van der Waals surface area contributed by atoms with Gasteiger partial charge in [0, 0.05) is 4.47 Å². The van der Waals surface area contributed by atoms with Crippen LogP contribution in [0.15, 0.2) is 10.5 Å². The highest BCUT2D eigenvalue weighted by molar-refractivity contribution is 9.10. The molecule has 1 N–H and O–H groups in total. The van der Waals surface area contributed by atoms with Crippen LogP contribution < -0.4 is 0 Å². The molecule has 0 aliphatic rings. The fourth-order valence-corrected chi connectivity index (χ4v) is 1.49. The van der Waals surface area contributed by atoms with Gasteiger partial charge in [0.05, 0.1) is 5.02 Å². The summed E-state index contributed by atoms with van der Waals surface area (Å²) in [6.45, 7) is 3.77. The fourth-order valence-electron chi connectivity index (χ4n) is 0.916. The average Bonchev–Trinajstić information content (AvgIpc) is 1.97. The van der Waals surface area contributed by atoms with Gasteiger partial charge in [0.1, 0.15) is 5.75 Å². The van der Waals surface area contributed by atoms with Crippen LogP contribution in [0.2, 0.25) is 5.02 Å². The van der Waals surface area contributed by atoms with Crippen LogP contribution in [0.25, 0.3) is 0 Å². The minimum Gasteiger partial charge on any atom is -0.506 e. The number of aryl methyl sites for hydroxylation is 1. The van der Waals surface area contributed by atoms with E-state index < -0.39 is 0 Å². The maximum absolute atomic E-state index is 9.25. The van der Waals surface area contributed by atoms with Crippen molar-refractivity contribution in [1.82, 2.24) is 0 Å². The van der Waals surface area contributed by atoms with Gasteiger partial charge in [0.15, 0.2) is 0 Å². The zero-order valence-electron chi connectivity index (χ0n) is 6.28. The summed E-state index contributed by atoms with van der Waals surface area (Å²) in [6.07, 6.45) is 0. The molecule has 0 saturated carbocycles. The van der Waals surface area contributed by atoms with Gasteiger partial charge in [-0.2, -0.15) is 0 Å². The molecule has 0 spiro atoms. The lowest BCUT2D eigenvalue weighted by Gasteiger charge is -2.06. The van der Waals surface area contributed by atoms with Crippen molar-refractivity contribution in [2.24, 2.45) is 0 Å². The standard InChI is InChI=1S/C8H8BrClO/c1-4-3-6(11)8(10)5(2)7(4)9/h3,11H,1-2H3. The topological polar surface area (TPSA) is 20.2 Å². The van der Waals surface area contributed by atoms with Gasteiger partial charge in [0.2, 0.25) is 0 Å². The summed E-state index contributed by atoms with van der Waals surface area (Å²) in [5.41, 5.74) is 1.87. The first-order valence-corrected chi connectivity index (χ1v) is 4.35. The van der Waals surface area contributed by atoms with Gasteiger partial charge in [-0.3, -0.25) is 0 Å². The van der Waals surface area contributed by atoms with Crippen LogP contribution in [0.3, 0.4) is 0 Å². The van der Waals surface area contributed by atoms with Crippen LogP contribution in [0.5, 0.6) is 5.75 Å². The van der Waals surface area contributed by atoms with E-state index in [0.29, 0.717) is 5.02 Å². The smallest absolute Gasteiger partial charge is 0.134 e. The quantitative estimate of drug-likeness (QED) is 0.730. The number of benzene rings is 1. The average molecular weight is 236 g/mol. The Balaban J connectivity index is 3.46. The van der Waals surface area contributed by atoms with Gasteiger partial charge < -0.3 is 5.11 Å². The third-order valence-electron chi connectivity index (χ3n) is 1.58. The van der Waals surface area contributed by atoms with Gasteiger partial charge in [-0.25, -0.2) is 0 Å². The molecule has 0 amide bonds. The first-order valence-electron chi connectivity index (χ1n) is 3.18. The summed E-state index contributed by atoms with van der Waals surface area (Å²) in [7, 11) is 0. The molecule has 0 aliphatic heterocycles.